The minimum absolute atomic E-state index is 0.598. The van der Waals surface area contributed by atoms with E-state index in [2.05, 4.69) is 23.2 Å². The lowest BCUT2D eigenvalue weighted by Crippen LogP contribution is -2.12. The van der Waals surface area contributed by atoms with E-state index in [0.717, 1.165) is 29.8 Å². The number of hydrogen-bond donors (Lipinski definition) is 0. The number of pyridine rings is 1. The van der Waals surface area contributed by atoms with Crippen molar-refractivity contribution in [1.82, 2.24) is 4.98 Å². The van der Waals surface area contributed by atoms with Gasteiger partial charge in [-0.05, 0) is 18.1 Å². The molecule has 0 aliphatic carbocycles. The number of aromatic nitrogens is 1. The van der Waals surface area contributed by atoms with E-state index in [1.54, 1.807) is 7.11 Å². The summed E-state index contributed by atoms with van der Waals surface area (Å²) in [5, 5.41) is 0. The van der Waals surface area contributed by atoms with Crippen LogP contribution >= 0.6 is 0 Å². The molecule has 3 nitrogen and oxygen atoms in total. The third kappa shape index (κ3) is 1.97. The van der Waals surface area contributed by atoms with E-state index in [1.165, 1.54) is 5.56 Å². The molecule has 0 fully saturated rings. The van der Waals surface area contributed by atoms with Gasteiger partial charge in [0.15, 0.2) is 0 Å². The van der Waals surface area contributed by atoms with Crippen LogP contribution in [0.3, 0.4) is 0 Å². The third-order valence-electron chi connectivity index (χ3n) is 3.20. The van der Waals surface area contributed by atoms with Gasteiger partial charge in [0.05, 0.1) is 26.0 Å². The fourth-order valence-electron chi connectivity index (χ4n) is 2.26. The molecule has 0 saturated heterocycles. The van der Waals surface area contributed by atoms with Crippen molar-refractivity contribution in [3.63, 3.8) is 0 Å². The van der Waals surface area contributed by atoms with Crippen molar-refractivity contribution in [2.75, 3.05) is 13.7 Å². The fraction of sp³-hybridized carbons (Fsp3) is 0.267. The van der Waals surface area contributed by atoms with Gasteiger partial charge in [-0.15, -0.1) is 0 Å². The number of fused-ring (bicyclic) bond motifs is 1. The van der Waals surface area contributed by atoms with E-state index in [0.29, 0.717) is 12.5 Å². The number of benzene rings is 1. The summed E-state index contributed by atoms with van der Waals surface area (Å²) >= 11 is 0. The normalized spacial score (nSPS) is 14.1. The van der Waals surface area contributed by atoms with E-state index in [1.807, 2.05) is 18.2 Å². The summed E-state index contributed by atoms with van der Waals surface area (Å²) in [5.74, 6) is 0.686. The van der Waals surface area contributed by atoms with Gasteiger partial charge < -0.3 is 9.47 Å². The molecule has 0 N–H and O–H groups in total. The molecule has 0 amide bonds. The zero-order chi connectivity index (χ0) is 12.4. The molecule has 0 unspecified atom stereocenters. The summed E-state index contributed by atoms with van der Waals surface area (Å²) < 4.78 is 10.8. The Balaban J connectivity index is 2.12. The molecule has 0 radical (unpaired) electrons. The second-order valence-corrected chi connectivity index (χ2v) is 4.32. The maximum Gasteiger partial charge on any atom is 0.219 e. The van der Waals surface area contributed by atoms with E-state index < -0.39 is 0 Å². The Bertz CT molecular complexity index is 535. The Kier molecular flexibility index (Phi) is 2.99. The van der Waals surface area contributed by atoms with Crippen LogP contribution in [0, 0.1) is 0 Å². The van der Waals surface area contributed by atoms with Crippen LogP contribution in [0.2, 0.25) is 0 Å². The number of ether oxygens (including phenoxy) is 2. The van der Waals surface area contributed by atoms with E-state index in [-0.39, 0.29) is 0 Å². The highest BCUT2D eigenvalue weighted by Crippen LogP contribution is 2.29. The molecule has 0 atom stereocenters. The number of hydrogen-bond acceptors (Lipinski definition) is 3. The molecule has 18 heavy (non-hydrogen) atoms. The maximum absolute atomic E-state index is 5.46. The molecule has 92 valence electrons. The summed E-state index contributed by atoms with van der Waals surface area (Å²) in [6.07, 6.45) is 0.925. The predicted octanol–water partition coefficient (Wildman–Crippen LogP) is 2.83. The fourth-order valence-corrected chi connectivity index (χ4v) is 2.26. The minimum atomic E-state index is 0.598. The van der Waals surface area contributed by atoms with Crippen molar-refractivity contribution in [3.05, 3.63) is 47.5 Å². The average molecular weight is 241 g/mol. The Hall–Kier alpha value is -1.87. The Morgan fingerprint density at radius 3 is 2.83 bits per heavy atom. The molecule has 2 aromatic rings. The molecule has 1 aliphatic rings. The van der Waals surface area contributed by atoms with Gasteiger partial charge in [-0.2, -0.15) is 0 Å². The molecule has 0 bridgehead atoms. The van der Waals surface area contributed by atoms with Gasteiger partial charge >= 0.3 is 0 Å². The van der Waals surface area contributed by atoms with Crippen LogP contribution in [0.15, 0.2) is 36.4 Å². The van der Waals surface area contributed by atoms with Crippen molar-refractivity contribution in [2.45, 2.75) is 13.0 Å². The number of methoxy groups -OCH3 is 1. The summed E-state index contributed by atoms with van der Waals surface area (Å²) in [4.78, 5) is 4.57. The van der Waals surface area contributed by atoms with Crippen molar-refractivity contribution in [3.8, 4) is 17.1 Å². The molecule has 3 heteroatoms. The molecule has 0 saturated carbocycles. The molecule has 3 rings (SSSR count). The van der Waals surface area contributed by atoms with Crippen molar-refractivity contribution < 1.29 is 9.47 Å². The van der Waals surface area contributed by atoms with Gasteiger partial charge in [-0.1, -0.05) is 30.3 Å². The molecule has 1 aromatic carbocycles. The van der Waals surface area contributed by atoms with Crippen LogP contribution in [0.1, 0.15) is 11.1 Å². The standard InChI is InChI=1S/C15H15NO2/c1-17-15-13-10-18-8-7-12(13)9-14(16-15)11-5-3-2-4-6-11/h2-6,9H,7-8,10H2,1H3. The van der Waals surface area contributed by atoms with E-state index >= 15 is 0 Å². The highest BCUT2D eigenvalue weighted by atomic mass is 16.5. The van der Waals surface area contributed by atoms with E-state index in [9.17, 15) is 0 Å². The average Bonchev–Trinajstić information content (AvgIpc) is 2.47. The predicted molar refractivity (Wildman–Crippen MR) is 69.6 cm³/mol. The molecule has 0 spiro atoms. The first-order valence-corrected chi connectivity index (χ1v) is 6.08. The molecule has 1 aromatic heterocycles. The van der Waals surface area contributed by atoms with Gasteiger partial charge in [0.2, 0.25) is 5.88 Å². The summed E-state index contributed by atoms with van der Waals surface area (Å²) in [7, 11) is 1.66. The van der Waals surface area contributed by atoms with E-state index in [4.69, 9.17) is 9.47 Å². The SMILES string of the molecule is COc1nc(-c2ccccc2)cc2c1COCC2. The van der Waals surface area contributed by atoms with Crippen LogP contribution < -0.4 is 4.74 Å². The van der Waals surface area contributed by atoms with Crippen molar-refractivity contribution >= 4 is 0 Å². The lowest BCUT2D eigenvalue weighted by Gasteiger charge is -2.19. The Morgan fingerprint density at radius 2 is 2.06 bits per heavy atom. The molecular weight excluding hydrogens is 226 g/mol. The number of rotatable bonds is 2. The van der Waals surface area contributed by atoms with Gasteiger partial charge in [0.25, 0.3) is 0 Å². The van der Waals surface area contributed by atoms with Gasteiger partial charge in [0, 0.05) is 11.1 Å². The van der Waals surface area contributed by atoms with Crippen LogP contribution in [-0.4, -0.2) is 18.7 Å². The van der Waals surface area contributed by atoms with Gasteiger partial charge in [0.1, 0.15) is 0 Å². The molecular formula is C15H15NO2. The van der Waals surface area contributed by atoms with Gasteiger partial charge in [-0.25, -0.2) is 4.98 Å². The second kappa shape index (κ2) is 4.78. The van der Waals surface area contributed by atoms with Crippen molar-refractivity contribution in [2.24, 2.45) is 0 Å². The first kappa shape index (κ1) is 11.2. The lowest BCUT2D eigenvalue weighted by atomic mass is 10.0. The molecule has 1 aliphatic heterocycles. The summed E-state index contributed by atoms with van der Waals surface area (Å²) in [5.41, 5.74) is 4.45. The minimum Gasteiger partial charge on any atom is -0.481 e. The Labute approximate surface area is 106 Å². The lowest BCUT2D eigenvalue weighted by molar-refractivity contribution is 0.108. The van der Waals surface area contributed by atoms with Crippen molar-refractivity contribution in [1.29, 1.82) is 0 Å². The Morgan fingerprint density at radius 1 is 1.22 bits per heavy atom. The zero-order valence-corrected chi connectivity index (χ0v) is 10.3. The number of nitrogens with zero attached hydrogens (tertiary/aromatic N) is 1. The largest absolute Gasteiger partial charge is 0.481 e. The highest BCUT2D eigenvalue weighted by molar-refractivity contribution is 5.62. The first-order valence-electron chi connectivity index (χ1n) is 6.08. The third-order valence-corrected chi connectivity index (χ3v) is 3.20. The zero-order valence-electron chi connectivity index (χ0n) is 10.3. The topological polar surface area (TPSA) is 31.4 Å². The quantitative estimate of drug-likeness (QED) is 0.810. The second-order valence-electron chi connectivity index (χ2n) is 4.32. The first-order chi connectivity index (χ1) is 8.88. The summed E-state index contributed by atoms with van der Waals surface area (Å²) in [6.45, 7) is 1.37. The van der Waals surface area contributed by atoms with Crippen LogP contribution in [0.5, 0.6) is 5.88 Å². The van der Waals surface area contributed by atoms with Crippen LogP contribution in [0.4, 0.5) is 0 Å². The van der Waals surface area contributed by atoms with Crippen LogP contribution in [0.25, 0.3) is 11.3 Å². The monoisotopic (exact) mass is 241 g/mol. The summed E-state index contributed by atoms with van der Waals surface area (Å²) in [6, 6.07) is 12.3. The highest BCUT2D eigenvalue weighted by Gasteiger charge is 2.17. The van der Waals surface area contributed by atoms with Crippen LogP contribution in [-0.2, 0) is 17.8 Å². The van der Waals surface area contributed by atoms with Gasteiger partial charge in [-0.3, -0.25) is 0 Å². The smallest absolute Gasteiger partial charge is 0.219 e. The maximum atomic E-state index is 5.46. The molecule has 2 heterocycles.